The highest BCUT2D eigenvalue weighted by molar-refractivity contribution is 5.82. The Hall–Kier alpha value is -0.610. The minimum Gasteiger partial charge on any atom is -0.395 e. The Morgan fingerprint density at radius 2 is 1.88 bits per heavy atom. The minimum atomic E-state index is -0.215. The van der Waals surface area contributed by atoms with Gasteiger partial charge in [0.25, 0.3) is 0 Å². The van der Waals surface area contributed by atoms with Gasteiger partial charge in [-0.2, -0.15) is 0 Å². The summed E-state index contributed by atoms with van der Waals surface area (Å²) in [5.41, 5.74) is -0.173. The molecule has 0 aliphatic carbocycles. The molecule has 4 heteroatoms. The van der Waals surface area contributed by atoms with Gasteiger partial charge < -0.3 is 10.4 Å². The number of rotatable bonds is 7. The second kappa shape index (κ2) is 6.97. The summed E-state index contributed by atoms with van der Waals surface area (Å²) in [5, 5.41) is 12.1. The Morgan fingerprint density at radius 1 is 1.35 bits per heavy atom. The van der Waals surface area contributed by atoms with E-state index < -0.39 is 0 Å². The lowest BCUT2D eigenvalue weighted by Gasteiger charge is -2.34. The summed E-state index contributed by atoms with van der Waals surface area (Å²) < 4.78 is 0. The van der Waals surface area contributed by atoms with Gasteiger partial charge in [0.1, 0.15) is 0 Å². The van der Waals surface area contributed by atoms with Crippen molar-refractivity contribution in [1.82, 2.24) is 10.2 Å². The van der Waals surface area contributed by atoms with Crippen LogP contribution in [-0.4, -0.2) is 46.7 Å². The van der Waals surface area contributed by atoms with Crippen LogP contribution >= 0.6 is 0 Å². The fraction of sp³-hybridized carbons (Fsp3) is 0.923. The van der Waals surface area contributed by atoms with Gasteiger partial charge in [-0.15, -0.1) is 0 Å². The molecule has 0 aromatic heterocycles. The fourth-order valence-corrected chi connectivity index (χ4v) is 1.69. The third kappa shape index (κ3) is 5.50. The Bertz CT molecular complexity index is 240. The third-order valence-electron chi connectivity index (χ3n) is 3.24. The molecular formula is C13H28N2O2. The van der Waals surface area contributed by atoms with Crippen molar-refractivity contribution in [3.63, 3.8) is 0 Å². The van der Waals surface area contributed by atoms with Crippen LogP contribution in [0.2, 0.25) is 0 Å². The van der Waals surface area contributed by atoms with Crippen molar-refractivity contribution in [1.29, 1.82) is 0 Å². The molecule has 0 saturated carbocycles. The first-order valence-electron chi connectivity index (χ1n) is 6.43. The summed E-state index contributed by atoms with van der Waals surface area (Å²) in [4.78, 5) is 14.1. The van der Waals surface area contributed by atoms with E-state index in [1.165, 1.54) is 0 Å². The van der Waals surface area contributed by atoms with Crippen LogP contribution in [0.3, 0.4) is 0 Å². The van der Waals surface area contributed by atoms with E-state index in [4.69, 9.17) is 5.11 Å². The zero-order chi connectivity index (χ0) is 13.6. The number of amides is 1. The van der Waals surface area contributed by atoms with E-state index in [0.29, 0.717) is 6.54 Å². The molecule has 0 spiro atoms. The fourth-order valence-electron chi connectivity index (χ4n) is 1.69. The van der Waals surface area contributed by atoms with Crippen molar-refractivity contribution in [2.24, 2.45) is 0 Å². The highest BCUT2D eigenvalue weighted by Crippen LogP contribution is 2.10. The SMILES string of the molecule is CCC(C)(C)NC(=O)C(C)N(CCO)C(C)C. The second-order valence-corrected chi connectivity index (χ2v) is 5.46. The maximum Gasteiger partial charge on any atom is 0.237 e. The molecule has 0 rings (SSSR count). The van der Waals surface area contributed by atoms with Crippen molar-refractivity contribution in [3.05, 3.63) is 0 Å². The summed E-state index contributed by atoms with van der Waals surface area (Å²) in [6.45, 7) is 12.6. The Balaban J connectivity index is 4.55. The van der Waals surface area contributed by atoms with Crippen molar-refractivity contribution in [2.45, 2.75) is 65.6 Å². The monoisotopic (exact) mass is 244 g/mol. The molecule has 0 bridgehead atoms. The average molecular weight is 244 g/mol. The van der Waals surface area contributed by atoms with Gasteiger partial charge in [-0.25, -0.2) is 0 Å². The summed E-state index contributed by atoms with van der Waals surface area (Å²) in [5.74, 6) is 0.0269. The molecule has 0 heterocycles. The number of aliphatic hydroxyl groups excluding tert-OH is 1. The molecule has 0 saturated heterocycles. The van der Waals surface area contributed by atoms with Crippen LogP contribution in [0.15, 0.2) is 0 Å². The normalized spacial score (nSPS) is 14.2. The van der Waals surface area contributed by atoms with Gasteiger partial charge in [0, 0.05) is 18.1 Å². The van der Waals surface area contributed by atoms with Crippen LogP contribution < -0.4 is 5.32 Å². The van der Waals surface area contributed by atoms with Crippen molar-refractivity contribution >= 4 is 5.91 Å². The first kappa shape index (κ1) is 16.4. The Kier molecular flexibility index (Phi) is 6.72. The number of carbonyl (C=O) groups is 1. The van der Waals surface area contributed by atoms with E-state index in [-0.39, 0.29) is 30.1 Å². The quantitative estimate of drug-likeness (QED) is 0.711. The summed E-state index contributed by atoms with van der Waals surface area (Å²) >= 11 is 0. The van der Waals surface area contributed by atoms with Crippen molar-refractivity contribution in [3.8, 4) is 0 Å². The van der Waals surface area contributed by atoms with Gasteiger partial charge in [0.15, 0.2) is 0 Å². The number of aliphatic hydroxyl groups is 1. The predicted molar refractivity (Wildman–Crippen MR) is 70.9 cm³/mol. The van der Waals surface area contributed by atoms with Crippen LogP contribution in [-0.2, 0) is 4.79 Å². The molecule has 0 aliphatic heterocycles. The zero-order valence-corrected chi connectivity index (χ0v) is 12.1. The lowest BCUT2D eigenvalue weighted by molar-refractivity contribution is -0.128. The molecule has 4 nitrogen and oxygen atoms in total. The maximum absolute atomic E-state index is 12.1. The molecule has 2 N–H and O–H groups in total. The van der Waals surface area contributed by atoms with Crippen LogP contribution in [0.5, 0.6) is 0 Å². The van der Waals surface area contributed by atoms with Gasteiger partial charge in [-0.1, -0.05) is 6.92 Å². The second-order valence-electron chi connectivity index (χ2n) is 5.46. The van der Waals surface area contributed by atoms with Gasteiger partial charge in [0.2, 0.25) is 5.91 Å². The van der Waals surface area contributed by atoms with E-state index >= 15 is 0 Å². The molecule has 0 aliphatic rings. The smallest absolute Gasteiger partial charge is 0.237 e. The van der Waals surface area contributed by atoms with E-state index in [1.807, 2.05) is 39.5 Å². The highest BCUT2D eigenvalue weighted by Gasteiger charge is 2.26. The molecule has 0 radical (unpaired) electrons. The van der Waals surface area contributed by atoms with E-state index in [0.717, 1.165) is 6.42 Å². The van der Waals surface area contributed by atoms with Gasteiger partial charge in [0.05, 0.1) is 12.6 Å². The van der Waals surface area contributed by atoms with Crippen LogP contribution in [0.1, 0.15) is 48.0 Å². The summed E-state index contributed by atoms with van der Waals surface area (Å²) in [7, 11) is 0. The van der Waals surface area contributed by atoms with E-state index in [2.05, 4.69) is 12.2 Å². The number of hydrogen-bond donors (Lipinski definition) is 2. The lowest BCUT2D eigenvalue weighted by atomic mass is 10.0. The number of hydrogen-bond acceptors (Lipinski definition) is 3. The van der Waals surface area contributed by atoms with Crippen LogP contribution in [0.25, 0.3) is 0 Å². The lowest BCUT2D eigenvalue weighted by Crippen LogP contribution is -2.54. The molecule has 17 heavy (non-hydrogen) atoms. The average Bonchev–Trinajstić information content (AvgIpc) is 2.24. The molecule has 102 valence electrons. The van der Waals surface area contributed by atoms with Crippen LogP contribution in [0.4, 0.5) is 0 Å². The van der Waals surface area contributed by atoms with Gasteiger partial charge in [-0.3, -0.25) is 9.69 Å². The molecule has 0 aromatic rings. The number of nitrogens with one attached hydrogen (secondary N) is 1. The van der Waals surface area contributed by atoms with Gasteiger partial charge in [-0.05, 0) is 41.0 Å². The number of carbonyl (C=O) groups excluding carboxylic acids is 1. The topological polar surface area (TPSA) is 52.6 Å². The molecule has 1 unspecified atom stereocenters. The largest absolute Gasteiger partial charge is 0.395 e. The molecule has 1 amide bonds. The zero-order valence-electron chi connectivity index (χ0n) is 12.1. The molecule has 0 fully saturated rings. The summed E-state index contributed by atoms with van der Waals surface area (Å²) in [6, 6.07) is 0.0283. The highest BCUT2D eigenvalue weighted by atomic mass is 16.3. The standard InChI is InChI=1S/C13H28N2O2/c1-7-13(5,6)14-12(17)11(4)15(8-9-16)10(2)3/h10-11,16H,7-9H2,1-6H3,(H,14,17). The predicted octanol–water partition coefficient (Wildman–Crippen LogP) is 1.38. The molecular weight excluding hydrogens is 216 g/mol. The van der Waals surface area contributed by atoms with Gasteiger partial charge >= 0.3 is 0 Å². The van der Waals surface area contributed by atoms with Crippen LogP contribution in [0, 0.1) is 0 Å². The Morgan fingerprint density at radius 3 is 2.24 bits per heavy atom. The maximum atomic E-state index is 12.1. The van der Waals surface area contributed by atoms with E-state index in [1.54, 1.807) is 0 Å². The van der Waals surface area contributed by atoms with E-state index in [9.17, 15) is 4.79 Å². The molecule has 0 aromatic carbocycles. The van der Waals surface area contributed by atoms with Crippen molar-refractivity contribution in [2.75, 3.05) is 13.2 Å². The summed E-state index contributed by atoms with van der Waals surface area (Å²) in [6.07, 6.45) is 0.896. The number of nitrogens with zero attached hydrogens (tertiary/aromatic N) is 1. The minimum absolute atomic E-state index is 0.0269. The van der Waals surface area contributed by atoms with Crippen molar-refractivity contribution < 1.29 is 9.90 Å². The third-order valence-corrected chi connectivity index (χ3v) is 3.24. The Labute approximate surface area is 105 Å². The first-order chi connectivity index (χ1) is 7.75. The first-order valence-corrected chi connectivity index (χ1v) is 6.43. The molecule has 1 atom stereocenters.